The molecule has 0 unspecified atom stereocenters. The van der Waals surface area contributed by atoms with E-state index in [0.717, 1.165) is 53.7 Å². The number of hydrogen-bond acceptors (Lipinski definition) is 4. The number of amides is 3. The van der Waals surface area contributed by atoms with Crippen molar-refractivity contribution in [3.63, 3.8) is 0 Å². The van der Waals surface area contributed by atoms with Gasteiger partial charge >= 0.3 is 0 Å². The molecule has 3 amide bonds. The zero-order valence-corrected chi connectivity index (χ0v) is 17.2. The van der Waals surface area contributed by atoms with E-state index in [-0.39, 0.29) is 11.8 Å². The van der Waals surface area contributed by atoms with Crippen LogP contribution in [0.5, 0.6) is 0 Å². The van der Waals surface area contributed by atoms with E-state index in [2.05, 4.69) is 16.2 Å². The normalized spacial score (nSPS) is 13.2. The summed E-state index contributed by atoms with van der Waals surface area (Å²) in [4.78, 5) is 38.0. The fourth-order valence-corrected chi connectivity index (χ4v) is 4.80. The van der Waals surface area contributed by atoms with E-state index in [9.17, 15) is 14.4 Å². The predicted octanol–water partition coefficient (Wildman–Crippen LogP) is 3.67. The Hall–Kier alpha value is -2.67. The number of carbonyl (C=O) groups is 3. The molecular formula is C21H25N3O3S. The van der Waals surface area contributed by atoms with Gasteiger partial charge in [-0.2, -0.15) is 0 Å². The van der Waals surface area contributed by atoms with Crippen LogP contribution in [0.15, 0.2) is 18.2 Å². The minimum absolute atomic E-state index is 0.234. The van der Waals surface area contributed by atoms with Crippen LogP contribution in [0.4, 0.5) is 5.00 Å². The summed E-state index contributed by atoms with van der Waals surface area (Å²) in [6.45, 7) is 5.21. The summed E-state index contributed by atoms with van der Waals surface area (Å²) < 4.78 is 0. The molecule has 7 heteroatoms. The van der Waals surface area contributed by atoms with E-state index in [1.165, 1.54) is 18.3 Å². The molecule has 0 atom stereocenters. The molecule has 1 aliphatic carbocycles. The second-order valence-corrected chi connectivity index (χ2v) is 8.28. The molecule has 6 nitrogen and oxygen atoms in total. The first-order chi connectivity index (χ1) is 13.4. The number of aryl methyl sites for hydroxylation is 3. The van der Waals surface area contributed by atoms with E-state index >= 15 is 0 Å². The van der Waals surface area contributed by atoms with Gasteiger partial charge in [-0.15, -0.1) is 11.3 Å². The number of hydrazine groups is 1. The molecule has 2 aromatic rings. The van der Waals surface area contributed by atoms with Gasteiger partial charge in [-0.1, -0.05) is 24.1 Å². The second kappa shape index (κ2) is 8.56. The molecule has 1 aliphatic rings. The zero-order chi connectivity index (χ0) is 20.3. The van der Waals surface area contributed by atoms with E-state index < -0.39 is 5.91 Å². The van der Waals surface area contributed by atoms with Crippen molar-refractivity contribution in [2.45, 2.75) is 52.9 Å². The van der Waals surface area contributed by atoms with E-state index in [4.69, 9.17) is 0 Å². The van der Waals surface area contributed by atoms with Crippen LogP contribution < -0.4 is 16.2 Å². The lowest BCUT2D eigenvalue weighted by molar-refractivity contribution is -0.119. The maximum atomic E-state index is 12.9. The maximum Gasteiger partial charge on any atom is 0.272 e. The third-order valence-electron chi connectivity index (χ3n) is 4.85. The molecule has 0 spiro atoms. The number of hydrogen-bond donors (Lipinski definition) is 3. The van der Waals surface area contributed by atoms with Gasteiger partial charge in [-0.25, -0.2) is 0 Å². The fourth-order valence-electron chi connectivity index (χ4n) is 3.52. The highest BCUT2D eigenvalue weighted by Gasteiger charge is 2.26. The molecule has 1 aromatic heterocycles. The summed E-state index contributed by atoms with van der Waals surface area (Å²) in [6, 6.07) is 5.66. The van der Waals surface area contributed by atoms with Crippen molar-refractivity contribution in [1.82, 2.24) is 10.9 Å². The third-order valence-corrected chi connectivity index (χ3v) is 6.06. The van der Waals surface area contributed by atoms with Crippen molar-refractivity contribution in [2.75, 3.05) is 5.32 Å². The van der Waals surface area contributed by atoms with Crippen molar-refractivity contribution in [3.8, 4) is 0 Å². The van der Waals surface area contributed by atoms with Gasteiger partial charge in [-0.05, 0) is 56.7 Å². The van der Waals surface area contributed by atoms with Crippen molar-refractivity contribution in [3.05, 3.63) is 50.9 Å². The first-order valence-electron chi connectivity index (χ1n) is 9.47. The molecule has 0 radical (unpaired) electrons. The van der Waals surface area contributed by atoms with Gasteiger partial charge in [0.05, 0.1) is 5.56 Å². The van der Waals surface area contributed by atoms with Crippen LogP contribution in [-0.4, -0.2) is 17.7 Å². The van der Waals surface area contributed by atoms with Gasteiger partial charge in [-0.3, -0.25) is 25.2 Å². The maximum absolute atomic E-state index is 12.9. The highest BCUT2D eigenvalue weighted by Crippen LogP contribution is 2.37. The average Bonchev–Trinajstić information content (AvgIpc) is 2.80. The quantitative estimate of drug-likeness (QED) is 0.544. The molecule has 0 saturated carbocycles. The second-order valence-electron chi connectivity index (χ2n) is 7.18. The van der Waals surface area contributed by atoms with Crippen molar-refractivity contribution < 1.29 is 14.4 Å². The Labute approximate surface area is 168 Å². The highest BCUT2D eigenvalue weighted by atomic mass is 32.1. The van der Waals surface area contributed by atoms with Crippen LogP contribution in [-0.2, 0) is 17.6 Å². The van der Waals surface area contributed by atoms with Crippen LogP contribution in [0.3, 0.4) is 0 Å². The molecule has 0 aliphatic heterocycles. The minimum Gasteiger partial charge on any atom is -0.313 e. The Bertz CT molecular complexity index is 933. The first-order valence-corrected chi connectivity index (χ1v) is 10.3. The molecule has 148 valence electrons. The molecule has 1 aromatic carbocycles. The number of benzene rings is 1. The van der Waals surface area contributed by atoms with E-state index in [1.807, 2.05) is 26.0 Å². The lowest BCUT2D eigenvalue weighted by Gasteiger charge is -2.11. The van der Waals surface area contributed by atoms with Crippen LogP contribution in [0.1, 0.15) is 68.5 Å². The van der Waals surface area contributed by atoms with Crippen molar-refractivity contribution >= 4 is 34.1 Å². The van der Waals surface area contributed by atoms with Crippen molar-refractivity contribution in [1.29, 1.82) is 0 Å². The van der Waals surface area contributed by atoms with Crippen LogP contribution in [0.2, 0.25) is 0 Å². The lowest BCUT2D eigenvalue weighted by Crippen LogP contribution is -2.40. The van der Waals surface area contributed by atoms with Gasteiger partial charge in [0.25, 0.3) is 11.8 Å². The summed E-state index contributed by atoms with van der Waals surface area (Å²) in [5.74, 6) is -0.983. The highest BCUT2D eigenvalue weighted by molar-refractivity contribution is 7.17. The summed E-state index contributed by atoms with van der Waals surface area (Å²) in [5, 5.41) is 3.48. The summed E-state index contributed by atoms with van der Waals surface area (Å²) in [7, 11) is 0. The fraction of sp³-hybridized carbons (Fsp3) is 0.381. The van der Waals surface area contributed by atoms with Gasteiger partial charge < -0.3 is 5.32 Å². The molecule has 1 heterocycles. The molecular weight excluding hydrogens is 374 g/mol. The monoisotopic (exact) mass is 399 g/mol. The SMILES string of the molecule is CC(=O)NNC(=O)c1c(NC(=O)c2ccc(C)cc2C)sc2c1CCCCC2. The Morgan fingerprint density at radius 3 is 2.43 bits per heavy atom. The molecule has 28 heavy (non-hydrogen) atoms. The smallest absolute Gasteiger partial charge is 0.272 e. The zero-order valence-electron chi connectivity index (χ0n) is 16.4. The van der Waals surface area contributed by atoms with Gasteiger partial charge in [0.2, 0.25) is 5.91 Å². The summed E-state index contributed by atoms with van der Waals surface area (Å²) in [5.41, 5.74) is 8.80. The van der Waals surface area contributed by atoms with Crippen LogP contribution in [0, 0.1) is 13.8 Å². The Morgan fingerprint density at radius 1 is 0.964 bits per heavy atom. The number of rotatable bonds is 3. The Balaban J connectivity index is 1.94. The standard InChI is InChI=1S/C21H25N3O3S/c1-12-9-10-15(13(2)11-12)19(26)22-21-18(20(27)24-23-14(3)25)16-7-5-4-6-8-17(16)28-21/h9-11H,4-8H2,1-3H3,(H,22,26)(H,23,25)(H,24,27). The number of fused-ring (bicyclic) bond motifs is 1. The molecule has 0 saturated heterocycles. The number of nitrogens with one attached hydrogen (secondary N) is 3. The van der Waals surface area contributed by atoms with Crippen LogP contribution >= 0.6 is 11.3 Å². The lowest BCUT2D eigenvalue weighted by atomic mass is 10.0. The molecule has 3 rings (SSSR count). The van der Waals surface area contributed by atoms with Gasteiger partial charge in [0, 0.05) is 17.4 Å². The van der Waals surface area contributed by atoms with Gasteiger partial charge in [0.15, 0.2) is 0 Å². The largest absolute Gasteiger partial charge is 0.313 e. The van der Waals surface area contributed by atoms with Crippen molar-refractivity contribution in [2.24, 2.45) is 0 Å². The average molecular weight is 400 g/mol. The predicted molar refractivity (Wildman–Crippen MR) is 111 cm³/mol. The topological polar surface area (TPSA) is 87.3 Å². The Morgan fingerprint density at radius 2 is 1.71 bits per heavy atom. The van der Waals surface area contributed by atoms with E-state index in [1.54, 1.807) is 6.07 Å². The van der Waals surface area contributed by atoms with Crippen LogP contribution in [0.25, 0.3) is 0 Å². The molecule has 0 bridgehead atoms. The van der Waals surface area contributed by atoms with Gasteiger partial charge in [0.1, 0.15) is 5.00 Å². The number of carbonyl (C=O) groups excluding carboxylic acids is 3. The summed E-state index contributed by atoms with van der Waals surface area (Å²) >= 11 is 1.46. The third kappa shape index (κ3) is 4.42. The number of thiophene rings is 1. The first kappa shape index (κ1) is 20.1. The molecule has 3 N–H and O–H groups in total. The minimum atomic E-state index is -0.398. The molecule has 0 fully saturated rings. The summed E-state index contributed by atoms with van der Waals surface area (Å²) in [6.07, 6.45) is 4.91. The van der Waals surface area contributed by atoms with E-state index in [0.29, 0.717) is 16.1 Å². The Kier molecular flexibility index (Phi) is 6.14. The number of anilines is 1.